The molecule has 0 fully saturated rings. The summed E-state index contributed by atoms with van der Waals surface area (Å²) >= 11 is 11.1. The molecule has 1 aromatic carbocycles. The molecular formula is C15H18BrClN2S. The van der Waals surface area contributed by atoms with Crippen molar-refractivity contribution in [2.24, 2.45) is 5.73 Å². The van der Waals surface area contributed by atoms with Crippen LogP contribution in [0.4, 0.5) is 0 Å². The molecule has 20 heavy (non-hydrogen) atoms. The number of nitrogens with zero attached hydrogens (tertiary/aromatic N) is 1. The number of hydrogen-bond acceptors (Lipinski definition) is 3. The number of benzene rings is 1. The maximum Gasteiger partial charge on any atom is 0.0931 e. The fraction of sp³-hybridized carbons (Fsp3) is 0.333. The highest BCUT2D eigenvalue weighted by molar-refractivity contribution is 9.10. The summed E-state index contributed by atoms with van der Waals surface area (Å²) in [4.78, 5) is 3.56. The molecule has 0 spiro atoms. The van der Waals surface area contributed by atoms with Gasteiger partial charge >= 0.3 is 0 Å². The van der Waals surface area contributed by atoms with E-state index in [4.69, 9.17) is 17.3 Å². The van der Waals surface area contributed by atoms with Crippen molar-refractivity contribution < 1.29 is 0 Å². The van der Waals surface area contributed by atoms with E-state index >= 15 is 0 Å². The minimum absolute atomic E-state index is 0.0555. The van der Waals surface area contributed by atoms with Gasteiger partial charge in [-0.1, -0.05) is 45.7 Å². The lowest BCUT2D eigenvalue weighted by atomic mass is 10.0. The van der Waals surface area contributed by atoms with Crippen molar-refractivity contribution in [1.29, 1.82) is 0 Å². The van der Waals surface area contributed by atoms with Crippen LogP contribution < -0.4 is 5.73 Å². The Bertz CT molecular complexity index is 558. The van der Waals surface area contributed by atoms with E-state index in [1.165, 1.54) is 10.4 Å². The van der Waals surface area contributed by atoms with Crippen molar-refractivity contribution >= 4 is 38.9 Å². The second kappa shape index (κ2) is 7.57. The highest BCUT2D eigenvalue weighted by Crippen LogP contribution is 2.25. The van der Waals surface area contributed by atoms with E-state index in [0.717, 1.165) is 28.3 Å². The maximum atomic E-state index is 6.27. The summed E-state index contributed by atoms with van der Waals surface area (Å²) in [7, 11) is 2.11. The fourth-order valence-corrected chi connectivity index (χ4v) is 3.82. The first-order chi connectivity index (χ1) is 9.56. The molecule has 0 aliphatic carbocycles. The van der Waals surface area contributed by atoms with E-state index in [1.807, 2.05) is 24.3 Å². The summed E-state index contributed by atoms with van der Waals surface area (Å²) in [5.74, 6) is 0. The lowest BCUT2D eigenvalue weighted by Gasteiger charge is -2.19. The number of halogens is 2. The molecule has 0 bridgehead atoms. The molecule has 5 heteroatoms. The Kier molecular flexibility index (Phi) is 6.05. The first-order valence-electron chi connectivity index (χ1n) is 6.49. The van der Waals surface area contributed by atoms with Crippen LogP contribution in [0.25, 0.3) is 0 Å². The quantitative estimate of drug-likeness (QED) is 0.796. The van der Waals surface area contributed by atoms with Gasteiger partial charge in [0.15, 0.2) is 0 Å². The Hall–Kier alpha value is -0.390. The van der Waals surface area contributed by atoms with Crippen LogP contribution in [0.2, 0.25) is 4.34 Å². The van der Waals surface area contributed by atoms with Crippen molar-refractivity contribution in [2.45, 2.75) is 19.0 Å². The molecule has 2 rings (SSSR count). The Morgan fingerprint density at radius 2 is 2.05 bits per heavy atom. The third-order valence-electron chi connectivity index (χ3n) is 3.18. The summed E-state index contributed by atoms with van der Waals surface area (Å²) < 4.78 is 1.93. The van der Waals surface area contributed by atoms with Gasteiger partial charge in [0.2, 0.25) is 0 Å². The average molecular weight is 374 g/mol. The molecular weight excluding hydrogens is 356 g/mol. The standard InChI is InChI=1S/C15H18BrClN2S/c1-19(10-11-6-7-15(17)20-11)9-8-14(18)12-4-2-3-5-13(12)16/h2-7,14H,8-10,18H2,1H3. The van der Waals surface area contributed by atoms with Crippen LogP contribution in [-0.4, -0.2) is 18.5 Å². The first-order valence-corrected chi connectivity index (χ1v) is 8.48. The summed E-state index contributed by atoms with van der Waals surface area (Å²) in [6.07, 6.45) is 0.929. The fourth-order valence-electron chi connectivity index (χ4n) is 2.07. The first kappa shape index (κ1) is 16.0. The highest BCUT2D eigenvalue weighted by atomic mass is 79.9. The smallest absolute Gasteiger partial charge is 0.0931 e. The predicted octanol–water partition coefficient (Wildman–Crippen LogP) is 4.69. The van der Waals surface area contributed by atoms with E-state index in [2.05, 4.69) is 40.0 Å². The minimum atomic E-state index is 0.0555. The van der Waals surface area contributed by atoms with E-state index in [-0.39, 0.29) is 6.04 Å². The Balaban J connectivity index is 1.84. The molecule has 2 nitrogen and oxygen atoms in total. The van der Waals surface area contributed by atoms with E-state index in [1.54, 1.807) is 11.3 Å². The Morgan fingerprint density at radius 1 is 1.30 bits per heavy atom. The zero-order valence-electron chi connectivity index (χ0n) is 11.4. The Morgan fingerprint density at radius 3 is 2.70 bits per heavy atom. The van der Waals surface area contributed by atoms with Gasteiger partial charge in [0.05, 0.1) is 4.34 Å². The number of nitrogens with two attached hydrogens (primary N) is 1. The van der Waals surface area contributed by atoms with Crippen LogP contribution in [0.3, 0.4) is 0 Å². The summed E-state index contributed by atoms with van der Waals surface area (Å²) in [5.41, 5.74) is 7.43. The molecule has 2 N–H and O–H groups in total. The van der Waals surface area contributed by atoms with Gasteiger partial charge < -0.3 is 10.6 Å². The molecule has 0 radical (unpaired) electrons. The number of thiophene rings is 1. The van der Waals surface area contributed by atoms with Crippen LogP contribution in [0.1, 0.15) is 22.9 Å². The van der Waals surface area contributed by atoms with Gasteiger partial charge in [-0.2, -0.15) is 0 Å². The van der Waals surface area contributed by atoms with Crippen LogP contribution in [-0.2, 0) is 6.54 Å². The van der Waals surface area contributed by atoms with Crippen molar-refractivity contribution in [3.63, 3.8) is 0 Å². The maximum absolute atomic E-state index is 6.27. The highest BCUT2D eigenvalue weighted by Gasteiger charge is 2.11. The monoisotopic (exact) mass is 372 g/mol. The van der Waals surface area contributed by atoms with Gasteiger partial charge in [0.25, 0.3) is 0 Å². The van der Waals surface area contributed by atoms with Gasteiger partial charge in [-0.05, 0) is 37.2 Å². The average Bonchev–Trinajstić information content (AvgIpc) is 2.82. The summed E-state index contributed by atoms with van der Waals surface area (Å²) in [5, 5.41) is 0. The van der Waals surface area contributed by atoms with Gasteiger partial charge in [0, 0.05) is 28.5 Å². The molecule has 0 saturated heterocycles. The molecule has 1 atom stereocenters. The lowest BCUT2D eigenvalue weighted by Crippen LogP contribution is -2.23. The molecule has 0 aliphatic rings. The van der Waals surface area contributed by atoms with Gasteiger partial charge in [-0.15, -0.1) is 11.3 Å². The minimum Gasteiger partial charge on any atom is -0.324 e. The van der Waals surface area contributed by atoms with Gasteiger partial charge in [-0.25, -0.2) is 0 Å². The normalized spacial score (nSPS) is 12.8. The van der Waals surface area contributed by atoms with Crippen LogP contribution in [0.5, 0.6) is 0 Å². The molecule has 108 valence electrons. The zero-order chi connectivity index (χ0) is 14.5. The summed E-state index contributed by atoms with van der Waals surface area (Å²) in [6, 6.07) is 12.2. The van der Waals surface area contributed by atoms with E-state index < -0.39 is 0 Å². The second-order valence-electron chi connectivity index (χ2n) is 4.86. The third-order valence-corrected chi connectivity index (χ3v) is 5.12. The second-order valence-corrected chi connectivity index (χ2v) is 7.51. The number of hydrogen-bond donors (Lipinski definition) is 1. The van der Waals surface area contributed by atoms with Crippen molar-refractivity contribution in [3.8, 4) is 0 Å². The molecule has 1 unspecified atom stereocenters. The van der Waals surface area contributed by atoms with Crippen LogP contribution in [0.15, 0.2) is 40.9 Å². The molecule has 0 amide bonds. The van der Waals surface area contributed by atoms with Crippen molar-refractivity contribution in [3.05, 3.63) is 55.6 Å². The van der Waals surface area contributed by atoms with E-state index in [0.29, 0.717) is 0 Å². The third kappa shape index (κ3) is 4.57. The van der Waals surface area contributed by atoms with Gasteiger partial charge in [0.1, 0.15) is 0 Å². The van der Waals surface area contributed by atoms with Crippen molar-refractivity contribution in [1.82, 2.24) is 4.90 Å². The zero-order valence-corrected chi connectivity index (χ0v) is 14.5. The predicted molar refractivity (Wildman–Crippen MR) is 91.4 cm³/mol. The molecule has 0 saturated carbocycles. The summed E-state index contributed by atoms with van der Waals surface area (Å²) in [6.45, 7) is 1.87. The van der Waals surface area contributed by atoms with Crippen LogP contribution >= 0.6 is 38.9 Å². The SMILES string of the molecule is CN(CCC(N)c1ccccc1Br)Cc1ccc(Cl)s1. The molecule has 2 aromatic rings. The lowest BCUT2D eigenvalue weighted by molar-refractivity contribution is 0.314. The Labute approximate surface area is 137 Å². The number of rotatable bonds is 6. The topological polar surface area (TPSA) is 29.3 Å². The van der Waals surface area contributed by atoms with Crippen LogP contribution in [0, 0.1) is 0 Å². The van der Waals surface area contributed by atoms with E-state index in [9.17, 15) is 0 Å². The molecule has 1 aromatic heterocycles. The molecule has 1 heterocycles. The van der Waals surface area contributed by atoms with Crippen molar-refractivity contribution in [2.75, 3.05) is 13.6 Å². The molecule has 0 aliphatic heterocycles. The largest absolute Gasteiger partial charge is 0.324 e. The van der Waals surface area contributed by atoms with Gasteiger partial charge in [-0.3, -0.25) is 0 Å².